The number of hydrogen-bond donors (Lipinski definition) is 0. The maximum Gasteiger partial charge on any atom is 0.310 e. The molecule has 0 aliphatic carbocycles. The van der Waals surface area contributed by atoms with E-state index in [0.29, 0.717) is 12.2 Å². The number of carbonyl (C=O) groups is 1. The van der Waals surface area contributed by atoms with E-state index < -0.39 is 24.0 Å². The van der Waals surface area contributed by atoms with Crippen LogP contribution in [0.3, 0.4) is 0 Å². The molecule has 2 nitrogen and oxygen atoms in total. The van der Waals surface area contributed by atoms with Gasteiger partial charge in [0.2, 0.25) is 5.78 Å². The molecule has 1 unspecified atom stereocenters. The lowest BCUT2D eigenvalue weighted by atomic mass is 9.92. The van der Waals surface area contributed by atoms with Crippen LogP contribution in [-0.2, 0) is 4.74 Å². The van der Waals surface area contributed by atoms with Crippen molar-refractivity contribution in [2.75, 3.05) is 13.2 Å². The van der Waals surface area contributed by atoms with Crippen LogP contribution in [0, 0.1) is 5.92 Å². The Balaban J connectivity index is 2.11. The fourth-order valence-corrected chi connectivity index (χ4v) is 1.97. The molecule has 1 aromatic carbocycles. The van der Waals surface area contributed by atoms with Gasteiger partial charge in [0.05, 0.1) is 13.2 Å². The molecule has 1 saturated heterocycles. The van der Waals surface area contributed by atoms with Gasteiger partial charge in [-0.25, -0.2) is 0 Å². The first-order valence-electron chi connectivity index (χ1n) is 5.74. The van der Waals surface area contributed by atoms with Crippen LogP contribution in [0.2, 0.25) is 0 Å². The van der Waals surface area contributed by atoms with E-state index >= 15 is 0 Å². The highest BCUT2D eigenvalue weighted by atomic mass is 19.3. The first kappa shape index (κ1) is 12.9. The third-order valence-electron chi connectivity index (χ3n) is 3.05. The molecule has 0 spiro atoms. The number of halogens is 2. The molecule has 1 aliphatic heterocycles. The van der Waals surface area contributed by atoms with E-state index in [-0.39, 0.29) is 12.2 Å². The number of ether oxygens (including phenoxy) is 1. The summed E-state index contributed by atoms with van der Waals surface area (Å²) >= 11 is 0. The van der Waals surface area contributed by atoms with Crippen LogP contribution >= 0.6 is 0 Å². The van der Waals surface area contributed by atoms with Crippen molar-refractivity contribution in [2.45, 2.75) is 12.3 Å². The highest BCUT2D eigenvalue weighted by Crippen LogP contribution is 2.33. The van der Waals surface area contributed by atoms with Crippen molar-refractivity contribution in [3.8, 4) is 0 Å². The molecule has 0 N–H and O–H groups in total. The average molecular weight is 252 g/mol. The average Bonchev–Trinajstić information content (AvgIpc) is 2.74. The first-order valence-corrected chi connectivity index (χ1v) is 5.74. The zero-order chi connectivity index (χ0) is 13.2. The Bertz CT molecular complexity index is 454. The fourth-order valence-electron chi connectivity index (χ4n) is 1.97. The summed E-state index contributed by atoms with van der Waals surface area (Å²) in [6.07, 6.45) is -0.528. The van der Waals surface area contributed by atoms with Gasteiger partial charge < -0.3 is 4.74 Å². The third-order valence-corrected chi connectivity index (χ3v) is 3.05. The van der Waals surface area contributed by atoms with Crippen molar-refractivity contribution < 1.29 is 18.3 Å². The van der Waals surface area contributed by atoms with Gasteiger partial charge in [-0.2, -0.15) is 8.78 Å². The molecule has 1 aliphatic rings. The van der Waals surface area contributed by atoms with Crippen molar-refractivity contribution in [3.63, 3.8) is 0 Å². The Hall–Kier alpha value is -1.55. The molecule has 0 bridgehead atoms. The van der Waals surface area contributed by atoms with Crippen LogP contribution in [0.5, 0.6) is 0 Å². The predicted molar refractivity (Wildman–Crippen MR) is 63.8 cm³/mol. The summed E-state index contributed by atoms with van der Waals surface area (Å²) < 4.78 is 32.8. The van der Waals surface area contributed by atoms with Gasteiger partial charge in [-0.3, -0.25) is 4.79 Å². The number of rotatable bonds is 4. The summed E-state index contributed by atoms with van der Waals surface area (Å²) in [5.74, 6) is -4.95. The lowest BCUT2D eigenvalue weighted by Gasteiger charge is -2.18. The fraction of sp³-hybridized carbons (Fsp3) is 0.357. The molecule has 0 aromatic heterocycles. The molecule has 1 atom stereocenters. The summed E-state index contributed by atoms with van der Waals surface area (Å²) in [5.41, 5.74) is 0.669. The standard InChI is InChI=1S/C14H14F2O2/c1-10-8-18-9-12(10)7-14(15,16)13(17)11-5-3-2-4-6-11/h2-6,12H,1,7-9H2. The Morgan fingerprint density at radius 1 is 1.39 bits per heavy atom. The number of benzene rings is 1. The molecule has 1 fully saturated rings. The van der Waals surface area contributed by atoms with E-state index in [1.165, 1.54) is 12.1 Å². The van der Waals surface area contributed by atoms with Gasteiger partial charge in [-0.1, -0.05) is 36.9 Å². The molecule has 0 radical (unpaired) electrons. The molecule has 1 aromatic rings. The lowest BCUT2D eigenvalue weighted by Crippen LogP contribution is -2.32. The molecule has 0 amide bonds. The Labute approximate surface area is 104 Å². The van der Waals surface area contributed by atoms with E-state index in [4.69, 9.17) is 4.74 Å². The van der Waals surface area contributed by atoms with Crippen molar-refractivity contribution >= 4 is 5.78 Å². The smallest absolute Gasteiger partial charge is 0.310 e. The van der Waals surface area contributed by atoms with Gasteiger partial charge >= 0.3 is 5.92 Å². The number of carbonyl (C=O) groups excluding carboxylic acids is 1. The lowest BCUT2D eigenvalue weighted by molar-refractivity contribution is -0.00442. The quantitative estimate of drug-likeness (QED) is 0.608. The first-order chi connectivity index (χ1) is 8.50. The van der Waals surface area contributed by atoms with Crippen molar-refractivity contribution in [1.82, 2.24) is 0 Å². The van der Waals surface area contributed by atoms with E-state index in [9.17, 15) is 13.6 Å². The maximum atomic E-state index is 13.9. The second-order valence-corrected chi connectivity index (χ2v) is 4.47. The molecule has 1 heterocycles. The molecule has 4 heteroatoms. The maximum absolute atomic E-state index is 13.9. The van der Waals surface area contributed by atoms with Crippen molar-refractivity contribution in [1.29, 1.82) is 0 Å². The zero-order valence-electron chi connectivity index (χ0n) is 9.86. The van der Waals surface area contributed by atoms with Crippen LogP contribution in [-0.4, -0.2) is 24.9 Å². The van der Waals surface area contributed by atoms with E-state index in [1.807, 2.05) is 0 Å². The summed E-state index contributed by atoms with van der Waals surface area (Å²) in [5, 5.41) is 0. The van der Waals surface area contributed by atoms with Gasteiger partial charge in [0, 0.05) is 17.9 Å². The Morgan fingerprint density at radius 2 is 2.06 bits per heavy atom. The molecular formula is C14H14F2O2. The van der Waals surface area contributed by atoms with E-state index in [2.05, 4.69) is 6.58 Å². The topological polar surface area (TPSA) is 26.3 Å². The van der Waals surface area contributed by atoms with Crippen LogP contribution in [0.1, 0.15) is 16.8 Å². The van der Waals surface area contributed by atoms with Crippen molar-refractivity contribution in [3.05, 3.63) is 48.0 Å². The SMILES string of the molecule is C=C1COCC1CC(F)(F)C(=O)c1ccccc1. The van der Waals surface area contributed by atoms with Gasteiger partial charge in [-0.15, -0.1) is 0 Å². The van der Waals surface area contributed by atoms with Crippen molar-refractivity contribution in [2.24, 2.45) is 5.92 Å². The normalized spacial score (nSPS) is 20.1. The molecule has 0 saturated carbocycles. The van der Waals surface area contributed by atoms with E-state index in [0.717, 1.165) is 0 Å². The van der Waals surface area contributed by atoms with Gasteiger partial charge in [-0.05, 0) is 5.57 Å². The molecule has 18 heavy (non-hydrogen) atoms. The number of hydrogen-bond acceptors (Lipinski definition) is 2. The minimum absolute atomic E-state index is 0.0343. The monoisotopic (exact) mass is 252 g/mol. The predicted octanol–water partition coefficient (Wildman–Crippen LogP) is 3.10. The third kappa shape index (κ3) is 2.64. The molecule has 96 valence electrons. The number of Topliss-reactive ketones (excluding diaryl/α,β-unsaturated/α-hetero) is 1. The van der Waals surface area contributed by atoms with Gasteiger partial charge in [0.1, 0.15) is 0 Å². The van der Waals surface area contributed by atoms with Gasteiger partial charge in [0.15, 0.2) is 0 Å². The minimum atomic E-state index is -3.37. The molecular weight excluding hydrogens is 238 g/mol. The Morgan fingerprint density at radius 3 is 2.61 bits per heavy atom. The number of alkyl halides is 2. The highest BCUT2D eigenvalue weighted by molar-refractivity contribution is 6.01. The van der Waals surface area contributed by atoms with Gasteiger partial charge in [0.25, 0.3) is 0 Å². The summed E-state index contributed by atoms with van der Waals surface area (Å²) in [4.78, 5) is 11.7. The summed E-state index contributed by atoms with van der Waals surface area (Å²) in [6.45, 7) is 4.21. The van der Waals surface area contributed by atoms with Crippen LogP contribution < -0.4 is 0 Å². The van der Waals surface area contributed by atoms with Crippen LogP contribution in [0.25, 0.3) is 0 Å². The summed E-state index contributed by atoms with van der Waals surface area (Å²) in [6, 6.07) is 7.62. The Kier molecular flexibility index (Phi) is 3.57. The second-order valence-electron chi connectivity index (χ2n) is 4.47. The highest BCUT2D eigenvalue weighted by Gasteiger charge is 2.42. The van der Waals surface area contributed by atoms with E-state index in [1.54, 1.807) is 18.2 Å². The second kappa shape index (κ2) is 4.98. The minimum Gasteiger partial charge on any atom is -0.376 e. The largest absolute Gasteiger partial charge is 0.376 e. The number of ketones is 1. The zero-order valence-corrected chi connectivity index (χ0v) is 9.86. The van der Waals surface area contributed by atoms with Crippen LogP contribution in [0.15, 0.2) is 42.5 Å². The molecule has 2 rings (SSSR count). The van der Waals surface area contributed by atoms with Crippen LogP contribution in [0.4, 0.5) is 8.78 Å². The summed E-state index contributed by atoms with van der Waals surface area (Å²) in [7, 11) is 0.